The van der Waals surface area contributed by atoms with Gasteiger partial charge in [0.2, 0.25) is 0 Å². The second-order valence-corrected chi connectivity index (χ2v) is 10.7. The van der Waals surface area contributed by atoms with E-state index in [4.69, 9.17) is 9.72 Å². The Kier molecular flexibility index (Phi) is 6.65. The van der Waals surface area contributed by atoms with E-state index in [9.17, 15) is 13.2 Å². The molecule has 35 heavy (non-hydrogen) atoms. The molecule has 1 saturated heterocycles. The van der Waals surface area contributed by atoms with Crippen LogP contribution in [0.1, 0.15) is 18.5 Å². The molecular formula is C25H27N5O4S. The monoisotopic (exact) mass is 493 g/mol. The van der Waals surface area contributed by atoms with E-state index in [0.717, 1.165) is 18.4 Å². The number of urea groups is 1. The highest BCUT2D eigenvalue weighted by molar-refractivity contribution is 7.90. The largest absolute Gasteiger partial charge is 0.378 e. The van der Waals surface area contributed by atoms with Crippen molar-refractivity contribution in [2.45, 2.75) is 29.5 Å². The fourth-order valence-corrected chi connectivity index (χ4v) is 5.11. The predicted octanol–water partition coefficient (Wildman–Crippen LogP) is 3.24. The molecule has 0 bridgehead atoms. The lowest BCUT2D eigenvalue weighted by molar-refractivity contribution is 0.122. The summed E-state index contributed by atoms with van der Waals surface area (Å²) < 4.78 is 31.5. The number of rotatable bonds is 7. The fraction of sp³-hybridized carbons (Fsp3) is 0.320. The van der Waals surface area contributed by atoms with Gasteiger partial charge in [-0.1, -0.05) is 18.2 Å². The van der Waals surface area contributed by atoms with E-state index < -0.39 is 9.84 Å². The third-order valence-corrected chi connectivity index (χ3v) is 7.52. The maximum absolute atomic E-state index is 13.0. The summed E-state index contributed by atoms with van der Waals surface area (Å²) in [5.74, 6) is 0.869. The second kappa shape index (κ2) is 10.0. The van der Waals surface area contributed by atoms with Gasteiger partial charge in [-0.15, -0.1) is 0 Å². The van der Waals surface area contributed by atoms with Crippen molar-refractivity contribution in [2.75, 3.05) is 36.5 Å². The standard InChI is InChI=1S/C25H27N5O4S/c31-25(28-20-10-11-20)27-19-8-6-18(7-9-19)24-26-21(16-23(29-24)30-12-14-34-15-13-30)17-35(32,33)22-4-2-1-3-5-22/h1-9,16,20H,10-15,17H2,(H2,27,28,31). The lowest BCUT2D eigenvalue weighted by Gasteiger charge is -2.28. The van der Waals surface area contributed by atoms with E-state index in [2.05, 4.69) is 20.5 Å². The highest BCUT2D eigenvalue weighted by atomic mass is 32.2. The van der Waals surface area contributed by atoms with Crippen LogP contribution in [0.25, 0.3) is 11.4 Å². The Morgan fingerprint density at radius 1 is 1.00 bits per heavy atom. The van der Waals surface area contributed by atoms with Gasteiger partial charge in [0.25, 0.3) is 0 Å². The summed E-state index contributed by atoms with van der Waals surface area (Å²) >= 11 is 0. The zero-order chi connectivity index (χ0) is 24.3. The van der Waals surface area contributed by atoms with Crippen LogP contribution in [-0.2, 0) is 20.3 Å². The van der Waals surface area contributed by atoms with Crippen LogP contribution in [0.4, 0.5) is 16.3 Å². The number of carbonyl (C=O) groups is 1. The summed E-state index contributed by atoms with van der Waals surface area (Å²) in [7, 11) is -3.57. The van der Waals surface area contributed by atoms with Crippen LogP contribution in [0, 0.1) is 0 Å². The molecule has 0 atom stereocenters. The average molecular weight is 494 g/mol. The van der Waals surface area contributed by atoms with Crippen molar-refractivity contribution < 1.29 is 17.9 Å². The molecule has 2 fully saturated rings. The maximum Gasteiger partial charge on any atom is 0.319 e. The molecule has 0 unspecified atom stereocenters. The van der Waals surface area contributed by atoms with Gasteiger partial charge in [0.1, 0.15) is 5.82 Å². The number of hydrogen-bond donors (Lipinski definition) is 2. The highest BCUT2D eigenvalue weighted by Gasteiger charge is 2.23. The molecule has 5 rings (SSSR count). The first-order valence-electron chi connectivity index (χ1n) is 11.6. The predicted molar refractivity (Wildman–Crippen MR) is 133 cm³/mol. The number of sulfone groups is 1. The lowest BCUT2D eigenvalue weighted by atomic mass is 10.2. The zero-order valence-electron chi connectivity index (χ0n) is 19.2. The Bertz CT molecular complexity index is 1290. The molecule has 2 heterocycles. The van der Waals surface area contributed by atoms with Gasteiger partial charge >= 0.3 is 6.03 Å². The lowest BCUT2D eigenvalue weighted by Crippen LogP contribution is -2.37. The van der Waals surface area contributed by atoms with Crippen LogP contribution in [0.3, 0.4) is 0 Å². The summed E-state index contributed by atoms with van der Waals surface area (Å²) in [5, 5.41) is 5.71. The smallest absolute Gasteiger partial charge is 0.319 e. The third kappa shape index (κ3) is 5.95. The minimum atomic E-state index is -3.57. The van der Waals surface area contributed by atoms with Crippen molar-refractivity contribution in [3.05, 3.63) is 66.4 Å². The highest BCUT2D eigenvalue weighted by Crippen LogP contribution is 2.25. The molecule has 9 nitrogen and oxygen atoms in total. The molecule has 1 aromatic heterocycles. The van der Waals surface area contributed by atoms with Crippen LogP contribution in [-0.4, -0.2) is 56.8 Å². The molecule has 2 amide bonds. The maximum atomic E-state index is 13.0. The number of morpholine rings is 1. The van der Waals surface area contributed by atoms with Crippen LogP contribution < -0.4 is 15.5 Å². The number of nitrogens with one attached hydrogen (secondary N) is 2. The Balaban J connectivity index is 1.42. The molecule has 182 valence electrons. The summed E-state index contributed by atoms with van der Waals surface area (Å²) in [6, 6.07) is 17.4. The summed E-state index contributed by atoms with van der Waals surface area (Å²) in [4.78, 5) is 23.7. The van der Waals surface area contributed by atoms with Gasteiger partial charge < -0.3 is 20.3 Å². The van der Waals surface area contributed by atoms with Gasteiger partial charge in [-0.05, 0) is 49.2 Å². The number of ether oxygens (including phenoxy) is 1. The van der Waals surface area contributed by atoms with Crippen molar-refractivity contribution >= 4 is 27.4 Å². The van der Waals surface area contributed by atoms with Crippen LogP contribution in [0.5, 0.6) is 0 Å². The van der Waals surface area contributed by atoms with Crippen molar-refractivity contribution in [3.63, 3.8) is 0 Å². The van der Waals surface area contributed by atoms with Gasteiger partial charge in [-0.2, -0.15) is 0 Å². The minimum absolute atomic E-state index is 0.223. The average Bonchev–Trinajstić information content (AvgIpc) is 3.69. The number of nitrogens with zero attached hydrogens (tertiary/aromatic N) is 3. The molecule has 2 N–H and O–H groups in total. The molecule has 3 aromatic rings. The first-order valence-corrected chi connectivity index (χ1v) is 13.3. The normalized spacial score (nSPS) is 16.1. The summed E-state index contributed by atoms with van der Waals surface area (Å²) in [6.45, 7) is 2.50. The van der Waals surface area contributed by atoms with E-state index in [1.807, 2.05) is 12.1 Å². The van der Waals surface area contributed by atoms with Gasteiger partial charge in [-0.25, -0.2) is 23.2 Å². The summed E-state index contributed by atoms with van der Waals surface area (Å²) in [5.41, 5.74) is 1.81. The molecule has 1 aliphatic heterocycles. The zero-order valence-corrected chi connectivity index (χ0v) is 20.0. The second-order valence-electron chi connectivity index (χ2n) is 8.66. The number of benzene rings is 2. The third-order valence-electron chi connectivity index (χ3n) is 5.85. The minimum Gasteiger partial charge on any atom is -0.378 e. The number of aromatic nitrogens is 2. The molecule has 2 aromatic carbocycles. The first-order chi connectivity index (χ1) is 17.0. The van der Waals surface area contributed by atoms with Crippen molar-refractivity contribution in [2.24, 2.45) is 0 Å². The molecule has 1 aliphatic carbocycles. The quantitative estimate of drug-likeness (QED) is 0.519. The Hall–Kier alpha value is -3.50. The molecule has 0 spiro atoms. The first kappa shape index (κ1) is 23.3. The number of amides is 2. The molecule has 10 heteroatoms. The Morgan fingerprint density at radius 3 is 2.40 bits per heavy atom. The van der Waals surface area contributed by atoms with Crippen molar-refractivity contribution in [1.82, 2.24) is 15.3 Å². The van der Waals surface area contributed by atoms with Crippen LogP contribution >= 0.6 is 0 Å². The van der Waals surface area contributed by atoms with E-state index in [1.165, 1.54) is 0 Å². The van der Waals surface area contributed by atoms with Gasteiger partial charge in [0, 0.05) is 36.4 Å². The van der Waals surface area contributed by atoms with Crippen molar-refractivity contribution in [1.29, 1.82) is 0 Å². The SMILES string of the molecule is O=C(Nc1ccc(-c2nc(CS(=O)(=O)c3ccccc3)cc(N3CCOCC3)n2)cc1)NC1CC1. The Morgan fingerprint density at radius 2 is 1.71 bits per heavy atom. The number of carbonyl (C=O) groups excluding carboxylic acids is 1. The van der Waals surface area contributed by atoms with E-state index in [0.29, 0.717) is 49.3 Å². The molecule has 1 saturated carbocycles. The van der Waals surface area contributed by atoms with Gasteiger partial charge in [0.15, 0.2) is 15.7 Å². The van der Waals surface area contributed by atoms with Crippen LogP contribution in [0.15, 0.2) is 65.6 Å². The number of anilines is 2. The molecule has 0 radical (unpaired) electrons. The fourth-order valence-electron chi connectivity index (χ4n) is 3.83. The van der Waals surface area contributed by atoms with Crippen molar-refractivity contribution in [3.8, 4) is 11.4 Å². The topological polar surface area (TPSA) is 114 Å². The van der Waals surface area contributed by atoms with E-state index in [-0.39, 0.29) is 22.7 Å². The number of hydrogen-bond acceptors (Lipinski definition) is 7. The molecular weight excluding hydrogens is 466 g/mol. The summed E-state index contributed by atoms with van der Waals surface area (Å²) in [6.07, 6.45) is 2.04. The Labute approximate surface area is 204 Å². The molecule has 2 aliphatic rings. The van der Waals surface area contributed by atoms with Gasteiger partial charge in [0.05, 0.1) is 29.6 Å². The van der Waals surface area contributed by atoms with Crippen LogP contribution in [0.2, 0.25) is 0 Å². The van der Waals surface area contributed by atoms with E-state index in [1.54, 1.807) is 48.5 Å². The van der Waals surface area contributed by atoms with E-state index >= 15 is 0 Å². The van der Waals surface area contributed by atoms with Gasteiger partial charge in [-0.3, -0.25) is 0 Å².